The molecule has 0 fully saturated rings. The monoisotopic (exact) mass is 364 g/mol. The number of imidazole rings is 1. The summed E-state index contributed by atoms with van der Waals surface area (Å²) in [6, 6.07) is 12.9. The fourth-order valence-electron chi connectivity index (χ4n) is 2.96. The number of fused-ring (bicyclic) bond motifs is 3. The van der Waals surface area contributed by atoms with Crippen LogP contribution >= 0.6 is 0 Å². The third-order valence-electron chi connectivity index (χ3n) is 4.23. The number of pyridine rings is 1. The lowest BCUT2D eigenvalue weighted by Gasteiger charge is -2.14. The normalized spacial score (nSPS) is 16.2. The third-order valence-corrected chi connectivity index (χ3v) is 4.23. The molecule has 4 rings (SSSR count). The summed E-state index contributed by atoms with van der Waals surface area (Å²) < 4.78 is 6.82. The minimum absolute atomic E-state index is 0.105. The Hall–Kier alpha value is -3.68. The largest absolute Gasteiger partial charge is 0.461 e. The van der Waals surface area contributed by atoms with E-state index >= 15 is 0 Å². The molecule has 27 heavy (non-hydrogen) atoms. The summed E-state index contributed by atoms with van der Waals surface area (Å²) in [7, 11) is 0. The number of hydrogen-bond donors (Lipinski definition) is 2. The van der Waals surface area contributed by atoms with Crippen LogP contribution in [0.15, 0.2) is 54.7 Å². The topological polar surface area (TPSA) is 102 Å². The first kappa shape index (κ1) is 16.8. The summed E-state index contributed by atoms with van der Waals surface area (Å²) in [6.07, 6.45) is 1.42. The predicted octanol–water partition coefficient (Wildman–Crippen LogP) is 2.15. The van der Waals surface area contributed by atoms with Gasteiger partial charge in [0.05, 0.1) is 6.42 Å². The Labute approximate surface area is 154 Å². The molecule has 3 heterocycles. The van der Waals surface area contributed by atoms with E-state index in [-0.39, 0.29) is 24.5 Å². The van der Waals surface area contributed by atoms with Crippen LogP contribution in [-0.2, 0) is 16.1 Å². The minimum atomic E-state index is -1.03. The van der Waals surface area contributed by atoms with E-state index in [4.69, 9.17) is 4.74 Å². The summed E-state index contributed by atoms with van der Waals surface area (Å²) in [4.78, 5) is 41.5. The number of aromatic nitrogens is 2. The molecule has 1 aliphatic heterocycles. The van der Waals surface area contributed by atoms with Gasteiger partial charge in [-0.15, -0.1) is 0 Å². The summed E-state index contributed by atoms with van der Waals surface area (Å²) in [5, 5.41) is 5.05. The third kappa shape index (κ3) is 3.37. The summed E-state index contributed by atoms with van der Waals surface area (Å²) in [5.41, 5.74) is 1.60. The fourth-order valence-corrected chi connectivity index (χ4v) is 2.96. The first-order valence-electron chi connectivity index (χ1n) is 8.40. The highest BCUT2D eigenvalue weighted by Gasteiger charge is 2.34. The molecule has 8 nitrogen and oxygen atoms in total. The molecule has 0 unspecified atom stereocenters. The van der Waals surface area contributed by atoms with Crippen molar-refractivity contribution in [2.75, 3.05) is 5.32 Å². The van der Waals surface area contributed by atoms with E-state index in [1.165, 1.54) is 0 Å². The van der Waals surface area contributed by atoms with Crippen LogP contribution in [0.1, 0.15) is 22.5 Å². The molecule has 136 valence electrons. The lowest BCUT2D eigenvalue weighted by Crippen LogP contribution is -2.42. The SMILES string of the molecule is O=C1Nc2nc3ccccn3c2C(=O)[C@H](CC(=O)OCc2ccccc2)N1. The molecule has 1 atom stereocenters. The standard InChI is InChI=1S/C19H16N4O4/c24-15(27-11-12-6-2-1-3-7-12)10-13-17(25)16-18(22-19(26)20-13)21-14-8-4-5-9-23(14)16/h1-9,13H,10-11H2,(H2,20,22,26)/t13-/m0/s1. The maximum atomic E-state index is 12.9. The van der Waals surface area contributed by atoms with Gasteiger partial charge in [-0.2, -0.15) is 0 Å². The smallest absolute Gasteiger partial charge is 0.321 e. The van der Waals surface area contributed by atoms with Crippen LogP contribution in [0, 0.1) is 0 Å². The number of urea groups is 1. The van der Waals surface area contributed by atoms with Gasteiger partial charge in [-0.05, 0) is 17.7 Å². The minimum Gasteiger partial charge on any atom is -0.461 e. The number of anilines is 1. The van der Waals surface area contributed by atoms with Crippen molar-refractivity contribution in [1.29, 1.82) is 0 Å². The van der Waals surface area contributed by atoms with Crippen molar-refractivity contribution in [2.24, 2.45) is 0 Å². The van der Waals surface area contributed by atoms with Crippen molar-refractivity contribution in [2.45, 2.75) is 19.1 Å². The van der Waals surface area contributed by atoms with Gasteiger partial charge in [-0.3, -0.25) is 19.3 Å². The van der Waals surface area contributed by atoms with Crippen molar-refractivity contribution < 1.29 is 19.1 Å². The molecule has 0 saturated heterocycles. The number of nitrogens with one attached hydrogen (secondary N) is 2. The number of benzene rings is 1. The number of amides is 2. The molecule has 2 N–H and O–H groups in total. The van der Waals surface area contributed by atoms with Gasteiger partial charge in [0.15, 0.2) is 5.82 Å². The van der Waals surface area contributed by atoms with Gasteiger partial charge in [0.1, 0.15) is 24.0 Å². The van der Waals surface area contributed by atoms with Crippen LogP contribution in [0.4, 0.5) is 10.6 Å². The van der Waals surface area contributed by atoms with Crippen LogP contribution in [-0.4, -0.2) is 33.2 Å². The molecule has 0 spiro atoms. The average Bonchev–Trinajstić information content (AvgIpc) is 2.98. The zero-order valence-corrected chi connectivity index (χ0v) is 14.2. The second kappa shape index (κ2) is 6.91. The van der Waals surface area contributed by atoms with E-state index in [1.807, 2.05) is 30.3 Å². The van der Waals surface area contributed by atoms with Crippen molar-refractivity contribution in [1.82, 2.24) is 14.7 Å². The Morgan fingerprint density at radius 2 is 1.89 bits per heavy atom. The van der Waals surface area contributed by atoms with E-state index in [0.717, 1.165) is 5.56 Å². The molecule has 3 aromatic rings. The second-order valence-electron chi connectivity index (χ2n) is 6.10. The molecule has 2 amide bonds. The number of rotatable bonds is 4. The van der Waals surface area contributed by atoms with E-state index in [9.17, 15) is 14.4 Å². The number of carbonyl (C=O) groups is 3. The average molecular weight is 364 g/mol. The number of Topliss-reactive ketones (excluding diaryl/α,β-unsaturated/α-hetero) is 1. The maximum absolute atomic E-state index is 12.9. The van der Waals surface area contributed by atoms with Crippen LogP contribution in [0.3, 0.4) is 0 Å². The van der Waals surface area contributed by atoms with Gasteiger partial charge < -0.3 is 10.1 Å². The van der Waals surface area contributed by atoms with E-state index in [2.05, 4.69) is 15.6 Å². The Bertz CT molecular complexity index is 1030. The Balaban J connectivity index is 1.53. The quantitative estimate of drug-likeness (QED) is 0.691. The van der Waals surface area contributed by atoms with Gasteiger partial charge in [0.2, 0.25) is 5.78 Å². The van der Waals surface area contributed by atoms with Gasteiger partial charge in [-0.25, -0.2) is 9.78 Å². The van der Waals surface area contributed by atoms with Crippen LogP contribution < -0.4 is 10.6 Å². The van der Waals surface area contributed by atoms with Crippen molar-refractivity contribution in [3.8, 4) is 0 Å². The molecular formula is C19H16N4O4. The molecule has 2 aromatic heterocycles. The van der Waals surface area contributed by atoms with Crippen molar-refractivity contribution in [3.63, 3.8) is 0 Å². The lowest BCUT2D eigenvalue weighted by atomic mass is 10.1. The highest BCUT2D eigenvalue weighted by Crippen LogP contribution is 2.22. The predicted molar refractivity (Wildman–Crippen MR) is 96.3 cm³/mol. The van der Waals surface area contributed by atoms with Gasteiger partial charge in [0.25, 0.3) is 0 Å². The Morgan fingerprint density at radius 3 is 2.70 bits per heavy atom. The number of hydrogen-bond acceptors (Lipinski definition) is 5. The molecule has 0 bridgehead atoms. The molecule has 0 radical (unpaired) electrons. The number of ketones is 1. The van der Waals surface area contributed by atoms with Crippen LogP contribution in [0.25, 0.3) is 5.65 Å². The Kier molecular flexibility index (Phi) is 4.29. The number of nitrogens with zero attached hydrogens (tertiary/aromatic N) is 2. The molecule has 1 aliphatic rings. The summed E-state index contributed by atoms with van der Waals surface area (Å²) in [5.74, 6) is -0.808. The highest BCUT2D eigenvalue weighted by molar-refractivity contribution is 6.11. The number of esters is 1. The molecular weight excluding hydrogens is 348 g/mol. The molecule has 0 saturated carbocycles. The Morgan fingerprint density at radius 1 is 1.11 bits per heavy atom. The zero-order chi connectivity index (χ0) is 18.8. The van der Waals surface area contributed by atoms with E-state index < -0.39 is 23.8 Å². The first-order chi connectivity index (χ1) is 13.1. The maximum Gasteiger partial charge on any atom is 0.321 e. The van der Waals surface area contributed by atoms with Crippen LogP contribution in [0.2, 0.25) is 0 Å². The van der Waals surface area contributed by atoms with Gasteiger partial charge >= 0.3 is 12.0 Å². The van der Waals surface area contributed by atoms with Gasteiger partial charge in [-0.1, -0.05) is 36.4 Å². The van der Waals surface area contributed by atoms with Crippen LogP contribution in [0.5, 0.6) is 0 Å². The summed E-state index contributed by atoms with van der Waals surface area (Å²) >= 11 is 0. The van der Waals surface area contributed by atoms with Gasteiger partial charge in [0, 0.05) is 6.20 Å². The van der Waals surface area contributed by atoms with Crippen molar-refractivity contribution in [3.05, 3.63) is 66.0 Å². The second-order valence-corrected chi connectivity index (χ2v) is 6.10. The van der Waals surface area contributed by atoms with E-state index in [1.54, 1.807) is 28.8 Å². The van der Waals surface area contributed by atoms with Crippen molar-refractivity contribution >= 4 is 29.2 Å². The lowest BCUT2D eigenvalue weighted by molar-refractivity contribution is -0.145. The first-order valence-corrected chi connectivity index (χ1v) is 8.40. The number of carbonyl (C=O) groups excluding carboxylic acids is 3. The zero-order valence-electron chi connectivity index (χ0n) is 14.2. The molecule has 1 aromatic carbocycles. The fraction of sp³-hybridized carbons (Fsp3) is 0.158. The van der Waals surface area contributed by atoms with E-state index in [0.29, 0.717) is 5.65 Å². The summed E-state index contributed by atoms with van der Waals surface area (Å²) in [6.45, 7) is 0.105. The molecule has 8 heteroatoms. The number of ether oxygens (including phenoxy) is 1. The molecule has 0 aliphatic carbocycles. The highest BCUT2D eigenvalue weighted by atomic mass is 16.5.